The Balaban J connectivity index is 1.41. The number of hydrogen-bond donors (Lipinski definition) is 1. The number of nitrogens with one attached hydrogen (secondary N) is 1. The van der Waals surface area contributed by atoms with Crippen LogP contribution in [-0.4, -0.2) is 26.4 Å². The van der Waals surface area contributed by atoms with Gasteiger partial charge in [0.25, 0.3) is 10.0 Å². The third-order valence-corrected chi connectivity index (χ3v) is 8.01. The van der Waals surface area contributed by atoms with E-state index in [0.29, 0.717) is 18.1 Å². The van der Waals surface area contributed by atoms with Crippen LogP contribution in [0.2, 0.25) is 0 Å². The molecule has 1 amide bonds. The Morgan fingerprint density at radius 1 is 0.941 bits per heavy atom. The molecule has 3 heterocycles. The molecular weight excluding hydrogens is 480 g/mol. The molecule has 0 bridgehead atoms. The van der Waals surface area contributed by atoms with Crippen molar-refractivity contribution in [3.8, 4) is 20.9 Å². The molecule has 1 aliphatic rings. The number of sulfonamides is 1. The molecule has 6 nitrogen and oxygen atoms in total. The molecule has 5 rings (SSSR count). The van der Waals surface area contributed by atoms with E-state index in [0.717, 1.165) is 38.7 Å². The number of benzene rings is 2. The van der Waals surface area contributed by atoms with Crippen molar-refractivity contribution in [2.45, 2.75) is 11.3 Å². The Bertz CT molecular complexity index is 1530. The van der Waals surface area contributed by atoms with Crippen LogP contribution < -0.4 is 9.62 Å². The lowest BCUT2D eigenvalue weighted by atomic mass is 10.1. The smallest absolute Gasteiger partial charge is 0.262 e. The predicted octanol–water partition coefficient (Wildman–Crippen LogP) is 5.08. The SMILES string of the molecule is CN1C(=O)Cc2cc(-c3ccc(-c4cncc(NS(=O)(=O)c5cc(F)cc(F)c5)c4)s3)ccc21. The van der Waals surface area contributed by atoms with Crippen LogP contribution in [0.4, 0.5) is 20.2 Å². The summed E-state index contributed by atoms with van der Waals surface area (Å²) in [5, 5.41) is 0. The average molecular weight is 498 g/mol. The summed E-state index contributed by atoms with van der Waals surface area (Å²) in [6.45, 7) is 0. The zero-order chi connectivity index (χ0) is 24.0. The van der Waals surface area contributed by atoms with Crippen molar-refractivity contribution in [2.75, 3.05) is 16.7 Å². The van der Waals surface area contributed by atoms with Gasteiger partial charge in [-0.2, -0.15) is 0 Å². The maximum absolute atomic E-state index is 13.5. The van der Waals surface area contributed by atoms with Gasteiger partial charge in [-0.15, -0.1) is 11.3 Å². The predicted molar refractivity (Wildman–Crippen MR) is 127 cm³/mol. The zero-order valence-electron chi connectivity index (χ0n) is 17.7. The quantitative estimate of drug-likeness (QED) is 0.417. The number of pyridine rings is 1. The van der Waals surface area contributed by atoms with Gasteiger partial charge in [-0.3, -0.25) is 14.5 Å². The van der Waals surface area contributed by atoms with Crippen LogP contribution in [0.1, 0.15) is 5.56 Å². The summed E-state index contributed by atoms with van der Waals surface area (Å²) in [6, 6.07) is 13.5. The van der Waals surface area contributed by atoms with E-state index in [9.17, 15) is 22.0 Å². The van der Waals surface area contributed by atoms with E-state index < -0.39 is 26.6 Å². The minimum absolute atomic E-state index is 0.0605. The summed E-state index contributed by atoms with van der Waals surface area (Å²) in [5.41, 5.74) is 3.71. The summed E-state index contributed by atoms with van der Waals surface area (Å²) >= 11 is 1.50. The Kier molecular flexibility index (Phi) is 5.41. The lowest BCUT2D eigenvalue weighted by Gasteiger charge is -2.10. The fourth-order valence-electron chi connectivity index (χ4n) is 3.80. The van der Waals surface area contributed by atoms with Crippen LogP contribution in [0.3, 0.4) is 0 Å². The van der Waals surface area contributed by atoms with Gasteiger partial charge in [0.05, 0.1) is 23.2 Å². The van der Waals surface area contributed by atoms with Crippen molar-refractivity contribution in [2.24, 2.45) is 0 Å². The summed E-state index contributed by atoms with van der Waals surface area (Å²) in [4.78, 5) is 19.0. The van der Waals surface area contributed by atoms with Crippen molar-refractivity contribution in [1.29, 1.82) is 0 Å². The van der Waals surface area contributed by atoms with Crippen LogP contribution in [0.15, 0.2) is 71.9 Å². The number of anilines is 2. The van der Waals surface area contributed by atoms with Gasteiger partial charge in [0.2, 0.25) is 5.91 Å². The minimum atomic E-state index is -4.21. The van der Waals surface area contributed by atoms with Gasteiger partial charge in [-0.05, 0) is 53.6 Å². The highest BCUT2D eigenvalue weighted by Gasteiger charge is 2.24. The van der Waals surface area contributed by atoms with Crippen molar-refractivity contribution in [3.63, 3.8) is 0 Å². The molecule has 1 N–H and O–H groups in total. The summed E-state index contributed by atoms with van der Waals surface area (Å²) in [5.74, 6) is -1.91. The molecule has 0 atom stereocenters. The van der Waals surface area contributed by atoms with Crippen LogP contribution >= 0.6 is 11.3 Å². The first kappa shape index (κ1) is 22.2. The van der Waals surface area contributed by atoms with E-state index in [2.05, 4.69) is 9.71 Å². The van der Waals surface area contributed by atoms with E-state index in [1.54, 1.807) is 24.2 Å². The molecule has 0 spiro atoms. The van der Waals surface area contributed by atoms with Gasteiger partial charge in [0.1, 0.15) is 11.6 Å². The molecule has 0 unspecified atom stereocenters. The molecule has 0 fully saturated rings. The molecule has 34 heavy (non-hydrogen) atoms. The molecule has 0 saturated carbocycles. The third kappa shape index (κ3) is 4.17. The maximum atomic E-state index is 13.5. The average Bonchev–Trinajstić information content (AvgIpc) is 3.38. The highest BCUT2D eigenvalue weighted by Crippen LogP contribution is 2.38. The van der Waals surface area contributed by atoms with Crippen molar-refractivity contribution >= 4 is 38.6 Å². The second kappa shape index (κ2) is 8.30. The molecule has 1 aliphatic heterocycles. The standard InChI is InChI=1S/C24H17F2N3O3S2/c1-29-21-3-2-14(6-15(21)8-24(29)30)22-4-5-23(33-22)16-7-19(13-27-12-16)28-34(31,32)20-10-17(25)9-18(26)11-20/h2-7,9-13,28H,8H2,1H3. The topological polar surface area (TPSA) is 79.4 Å². The second-order valence-electron chi connectivity index (χ2n) is 7.81. The normalized spacial score (nSPS) is 13.3. The number of thiophene rings is 1. The molecule has 10 heteroatoms. The van der Waals surface area contributed by atoms with Crippen LogP contribution in [-0.2, 0) is 21.2 Å². The fourth-order valence-corrected chi connectivity index (χ4v) is 5.86. The largest absolute Gasteiger partial charge is 0.315 e. The summed E-state index contributed by atoms with van der Waals surface area (Å²) in [6.07, 6.45) is 3.30. The van der Waals surface area contributed by atoms with E-state index in [1.165, 1.54) is 17.5 Å². The Morgan fingerprint density at radius 3 is 2.38 bits per heavy atom. The number of likely N-dealkylation sites (N-methyl/N-ethyl adjacent to an activating group) is 1. The van der Waals surface area contributed by atoms with E-state index in [-0.39, 0.29) is 11.6 Å². The van der Waals surface area contributed by atoms with Gasteiger partial charge in [-0.1, -0.05) is 6.07 Å². The first-order valence-corrected chi connectivity index (χ1v) is 12.4. The number of amides is 1. The summed E-state index contributed by atoms with van der Waals surface area (Å²) < 4.78 is 54.4. The number of carbonyl (C=O) groups excluding carboxylic acids is 1. The first-order chi connectivity index (χ1) is 16.2. The lowest BCUT2D eigenvalue weighted by molar-refractivity contribution is -0.117. The van der Waals surface area contributed by atoms with E-state index in [4.69, 9.17) is 0 Å². The number of carbonyl (C=O) groups is 1. The summed E-state index contributed by atoms with van der Waals surface area (Å²) in [7, 11) is -2.45. The number of nitrogens with zero attached hydrogens (tertiary/aromatic N) is 2. The third-order valence-electron chi connectivity index (χ3n) is 5.47. The van der Waals surface area contributed by atoms with Crippen molar-refractivity contribution < 1.29 is 22.0 Å². The number of halogens is 2. The fraction of sp³-hybridized carbons (Fsp3) is 0.0833. The molecule has 172 valence electrons. The highest BCUT2D eigenvalue weighted by molar-refractivity contribution is 7.92. The highest BCUT2D eigenvalue weighted by atomic mass is 32.2. The minimum Gasteiger partial charge on any atom is -0.315 e. The molecule has 2 aromatic carbocycles. The molecule has 0 aliphatic carbocycles. The Labute approximate surface area is 198 Å². The van der Waals surface area contributed by atoms with Gasteiger partial charge in [0.15, 0.2) is 0 Å². The van der Waals surface area contributed by atoms with Gasteiger partial charge >= 0.3 is 0 Å². The number of fused-ring (bicyclic) bond motifs is 1. The van der Waals surface area contributed by atoms with Crippen LogP contribution in [0, 0.1) is 11.6 Å². The molecule has 2 aromatic heterocycles. The number of rotatable bonds is 5. The second-order valence-corrected chi connectivity index (χ2v) is 10.6. The van der Waals surface area contributed by atoms with Gasteiger partial charge in [0, 0.05) is 40.3 Å². The van der Waals surface area contributed by atoms with Crippen molar-refractivity contribution in [1.82, 2.24) is 4.98 Å². The first-order valence-electron chi connectivity index (χ1n) is 10.1. The Morgan fingerprint density at radius 2 is 1.65 bits per heavy atom. The number of aromatic nitrogens is 1. The monoisotopic (exact) mass is 497 g/mol. The maximum Gasteiger partial charge on any atom is 0.262 e. The zero-order valence-corrected chi connectivity index (χ0v) is 19.4. The number of hydrogen-bond acceptors (Lipinski definition) is 5. The molecule has 0 radical (unpaired) electrons. The van der Waals surface area contributed by atoms with Gasteiger partial charge < -0.3 is 4.90 Å². The molecular formula is C24H17F2N3O3S2. The van der Waals surface area contributed by atoms with Crippen molar-refractivity contribution in [3.05, 3.63) is 84.2 Å². The Hall–Kier alpha value is -3.63. The van der Waals surface area contributed by atoms with Gasteiger partial charge in [-0.25, -0.2) is 17.2 Å². The molecule has 4 aromatic rings. The van der Waals surface area contributed by atoms with E-state index in [1.807, 2.05) is 30.3 Å². The van der Waals surface area contributed by atoms with Crippen LogP contribution in [0.25, 0.3) is 20.9 Å². The van der Waals surface area contributed by atoms with Crippen LogP contribution in [0.5, 0.6) is 0 Å². The lowest BCUT2D eigenvalue weighted by Crippen LogP contribution is -2.20. The van der Waals surface area contributed by atoms with E-state index >= 15 is 0 Å². The molecule has 0 saturated heterocycles.